The first-order valence-electron chi connectivity index (χ1n) is 5.14. The molecule has 0 fully saturated rings. The number of hydrogen-bond donors (Lipinski definition) is 0. The zero-order valence-corrected chi connectivity index (χ0v) is 11.4. The summed E-state index contributed by atoms with van der Waals surface area (Å²) in [4.78, 5) is 0. The van der Waals surface area contributed by atoms with Gasteiger partial charge in [0.2, 0.25) is 0 Å². The van der Waals surface area contributed by atoms with Gasteiger partial charge in [-0.1, -0.05) is 0 Å². The average Bonchev–Trinajstić information content (AvgIpc) is 2.40. The summed E-state index contributed by atoms with van der Waals surface area (Å²) in [7, 11) is 3.14. The minimum absolute atomic E-state index is 0.536. The van der Waals surface area contributed by atoms with E-state index in [9.17, 15) is 5.21 Å². The second kappa shape index (κ2) is 5.15. The molecule has 92 valence electrons. The highest BCUT2D eigenvalue weighted by molar-refractivity contribution is 9.10. The maximum Gasteiger partial charge on any atom is 0.341 e. The van der Waals surface area contributed by atoms with Gasteiger partial charge >= 0.3 is 6.07 Å². The van der Waals surface area contributed by atoms with Crippen LogP contribution in [0, 0.1) is 11.3 Å². The van der Waals surface area contributed by atoms with E-state index >= 15 is 0 Å². The molecule has 0 aliphatic heterocycles. The van der Waals surface area contributed by atoms with E-state index in [1.807, 2.05) is 18.2 Å². The summed E-state index contributed by atoms with van der Waals surface area (Å²) in [5.41, 5.74) is 0.536. The Bertz CT molecular complexity index is 659. The zero-order chi connectivity index (χ0) is 13.1. The van der Waals surface area contributed by atoms with Crippen LogP contribution in [0.3, 0.4) is 0 Å². The monoisotopic (exact) mass is 307 g/mol. The summed E-state index contributed by atoms with van der Waals surface area (Å²) in [6, 6.07) is 9.72. The van der Waals surface area contributed by atoms with Crippen molar-refractivity contribution in [2.45, 2.75) is 0 Å². The summed E-state index contributed by atoms with van der Waals surface area (Å²) < 4.78 is 11.2. The fourth-order valence-corrected chi connectivity index (χ4v) is 2.46. The maximum absolute atomic E-state index is 10.4. The van der Waals surface area contributed by atoms with Crippen molar-refractivity contribution in [3.05, 3.63) is 44.5 Å². The van der Waals surface area contributed by atoms with E-state index in [0.29, 0.717) is 11.3 Å². The lowest BCUT2D eigenvalue weighted by molar-refractivity contribution is 0.412. The molecule has 0 unspecified atom stereocenters. The number of nitrogens with zero attached hydrogens (tertiary/aromatic N) is 1. The summed E-state index contributed by atoms with van der Waals surface area (Å²) in [5, 5.41) is 14.9. The highest BCUT2D eigenvalue weighted by Gasteiger charge is 2.14. The van der Waals surface area contributed by atoms with E-state index in [4.69, 9.17) is 9.47 Å². The molecule has 0 aromatic heterocycles. The van der Waals surface area contributed by atoms with Crippen LogP contribution < -0.4 is 9.47 Å². The fraction of sp³-hybridized carbons (Fsp3) is 0.154. The number of halogens is 1. The van der Waals surface area contributed by atoms with Crippen LogP contribution in [0.5, 0.6) is 11.5 Å². The SMILES string of the molecule is COc1ccc2c(C#[N+][O-])c(OC)ccc2c1Br. The van der Waals surface area contributed by atoms with E-state index in [-0.39, 0.29) is 0 Å². The molecule has 4 nitrogen and oxygen atoms in total. The topological polar surface area (TPSA) is 45.9 Å². The number of fused-ring (bicyclic) bond motifs is 1. The first-order chi connectivity index (χ1) is 8.72. The third kappa shape index (κ3) is 1.95. The number of rotatable bonds is 2. The predicted molar refractivity (Wildman–Crippen MR) is 74.5 cm³/mol. The second-order valence-electron chi connectivity index (χ2n) is 3.52. The Morgan fingerprint density at radius 3 is 2.28 bits per heavy atom. The van der Waals surface area contributed by atoms with E-state index < -0.39 is 0 Å². The van der Waals surface area contributed by atoms with Gasteiger partial charge in [0, 0.05) is 15.8 Å². The van der Waals surface area contributed by atoms with Gasteiger partial charge in [-0.2, -0.15) is 0 Å². The molecule has 0 bridgehead atoms. The van der Waals surface area contributed by atoms with Crippen molar-refractivity contribution < 1.29 is 9.47 Å². The molecule has 18 heavy (non-hydrogen) atoms. The molecule has 0 aliphatic rings. The summed E-state index contributed by atoms with van der Waals surface area (Å²) in [6.45, 7) is 0. The van der Waals surface area contributed by atoms with Gasteiger partial charge in [0.05, 0.1) is 18.7 Å². The maximum atomic E-state index is 10.4. The number of hydrogen-bond acceptors (Lipinski definition) is 3. The Morgan fingerprint density at radius 1 is 1.06 bits per heavy atom. The van der Waals surface area contributed by atoms with Crippen molar-refractivity contribution in [3.63, 3.8) is 0 Å². The summed E-state index contributed by atoms with van der Waals surface area (Å²) in [6.07, 6.45) is 0. The van der Waals surface area contributed by atoms with Crippen molar-refractivity contribution in [3.8, 4) is 17.6 Å². The number of methoxy groups -OCH3 is 2. The lowest BCUT2D eigenvalue weighted by Gasteiger charge is -2.09. The molecular weight excluding hydrogens is 298 g/mol. The van der Waals surface area contributed by atoms with Gasteiger partial charge in [-0.05, 0) is 40.2 Å². The van der Waals surface area contributed by atoms with Gasteiger partial charge in [-0.3, -0.25) is 0 Å². The van der Waals surface area contributed by atoms with Gasteiger partial charge < -0.3 is 14.7 Å². The minimum atomic E-state index is 0.536. The van der Waals surface area contributed by atoms with Gasteiger partial charge in [0.15, 0.2) is 5.56 Å². The van der Waals surface area contributed by atoms with Crippen LogP contribution in [0.2, 0.25) is 0 Å². The molecule has 0 heterocycles. The van der Waals surface area contributed by atoms with Crippen LogP contribution >= 0.6 is 15.9 Å². The average molecular weight is 308 g/mol. The Balaban J connectivity index is 2.85. The van der Waals surface area contributed by atoms with Crippen LogP contribution in [0.25, 0.3) is 15.8 Å². The predicted octanol–water partition coefficient (Wildman–Crippen LogP) is 3.80. The largest absolute Gasteiger partial charge is 0.498 e. The van der Waals surface area contributed by atoms with Gasteiger partial charge in [-0.15, -0.1) is 0 Å². The Labute approximate surface area is 113 Å². The Morgan fingerprint density at radius 2 is 1.67 bits per heavy atom. The second-order valence-corrected chi connectivity index (χ2v) is 4.32. The van der Waals surface area contributed by atoms with Crippen molar-refractivity contribution in [1.29, 1.82) is 0 Å². The molecule has 0 amide bonds. The van der Waals surface area contributed by atoms with Crippen LogP contribution in [0.1, 0.15) is 5.56 Å². The smallest absolute Gasteiger partial charge is 0.341 e. The quantitative estimate of drug-likeness (QED) is 0.793. The third-order valence-corrected chi connectivity index (χ3v) is 3.48. The highest BCUT2D eigenvalue weighted by Crippen LogP contribution is 2.37. The molecule has 5 heteroatoms. The zero-order valence-electron chi connectivity index (χ0n) is 9.86. The molecular formula is C13H10BrNO3. The van der Waals surface area contributed by atoms with Crippen LogP contribution in [0.4, 0.5) is 0 Å². The van der Waals surface area contributed by atoms with Gasteiger partial charge in [-0.25, -0.2) is 0 Å². The first kappa shape index (κ1) is 12.5. The van der Waals surface area contributed by atoms with Gasteiger partial charge in [0.1, 0.15) is 11.5 Å². The number of ether oxygens (including phenoxy) is 2. The van der Waals surface area contributed by atoms with Crippen LogP contribution in [-0.2, 0) is 0 Å². The van der Waals surface area contributed by atoms with Crippen molar-refractivity contribution in [2.75, 3.05) is 14.2 Å². The molecule has 0 saturated heterocycles. The van der Waals surface area contributed by atoms with Crippen molar-refractivity contribution in [1.82, 2.24) is 0 Å². The van der Waals surface area contributed by atoms with Crippen molar-refractivity contribution in [2.24, 2.45) is 0 Å². The molecule has 2 aromatic carbocycles. The summed E-state index contributed by atoms with van der Waals surface area (Å²) in [5.74, 6) is 1.27. The lowest BCUT2D eigenvalue weighted by atomic mass is 10.0. The van der Waals surface area contributed by atoms with Crippen molar-refractivity contribution >= 4 is 26.7 Å². The molecule has 0 aliphatic carbocycles. The fourth-order valence-electron chi connectivity index (χ4n) is 1.82. The van der Waals surface area contributed by atoms with E-state index in [0.717, 1.165) is 21.0 Å². The Kier molecular flexibility index (Phi) is 3.58. The van der Waals surface area contributed by atoms with Gasteiger partial charge in [0.25, 0.3) is 0 Å². The standard InChI is InChI=1S/C13H10BrNO3/c1-17-11-5-4-9-8(10(11)7-15-16)3-6-12(18-2)13(9)14/h3-6H,1-2H3. The highest BCUT2D eigenvalue weighted by atomic mass is 79.9. The van der Waals surface area contributed by atoms with Crippen LogP contribution in [-0.4, -0.2) is 14.2 Å². The Hall–Kier alpha value is -1.93. The molecule has 0 saturated carbocycles. The summed E-state index contributed by atoms with van der Waals surface area (Å²) >= 11 is 3.47. The lowest BCUT2D eigenvalue weighted by Crippen LogP contribution is -1.91. The van der Waals surface area contributed by atoms with Crippen LogP contribution in [0.15, 0.2) is 28.7 Å². The molecule has 0 spiro atoms. The van der Waals surface area contributed by atoms with E-state index in [2.05, 4.69) is 27.0 Å². The normalized spacial score (nSPS) is 9.72. The third-order valence-electron chi connectivity index (χ3n) is 2.66. The van der Waals surface area contributed by atoms with E-state index in [1.54, 1.807) is 13.2 Å². The molecule has 2 rings (SSSR count). The van der Waals surface area contributed by atoms with E-state index in [1.165, 1.54) is 7.11 Å². The molecule has 0 atom stereocenters. The molecule has 2 aromatic rings. The molecule has 0 N–H and O–H groups in total. The minimum Gasteiger partial charge on any atom is -0.498 e. The number of benzene rings is 2. The first-order valence-corrected chi connectivity index (χ1v) is 5.93. The molecule has 0 radical (unpaired) electrons.